The highest BCUT2D eigenvalue weighted by atomic mass is 35.5. The Bertz CT molecular complexity index is 5570. The molecular formula is C108H131ClN14O17. The molecule has 0 aliphatic carbocycles. The fourth-order valence-corrected chi connectivity index (χ4v) is 15.3. The van der Waals surface area contributed by atoms with Crippen LogP contribution in [0.2, 0.25) is 0 Å². The molecular weight excluding hydrogens is 1800 g/mol. The molecule has 140 heavy (non-hydrogen) atoms. The molecule has 32 heteroatoms. The summed E-state index contributed by atoms with van der Waals surface area (Å²) < 4.78 is 20.8. The van der Waals surface area contributed by atoms with Gasteiger partial charge >= 0.3 is 30.3 Å². The summed E-state index contributed by atoms with van der Waals surface area (Å²) in [6.45, 7) is 35.1. The summed E-state index contributed by atoms with van der Waals surface area (Å²) in [4.78, 5) is 154. The Kier molecular flexibility index (Phi) is 37.9. The van der Waals surface area contributed by atoms with Crippen LogP contribution in [0, 0.1) is 0 Å². The maximum absolute atomic E-state index is 12.8. The number of rotatable bonds is 16. The van der Waals surface area contributed by atoms with Crippen molar-refractivity contribution in [1.82, 2.24) is 65.8 Å². The molecule has 0 aromatic heterocycles. The number of carboxylic acids is 1. The van der Waals surface area contributed by atoms with Crippen LogP contribution in [0.4, 0.5) is 19.2 Å². The molecule has 0 unspecified atom stereocenters. The summed E-state index contributed by atoms with van der Waals surface area (Å²) >= 11 is 5.16. The van der Waals surface area contributed by atoms with Crippen LogP contribution in [0.5, 0.6) is 0 Å². The molecule has 9 saturated heterocycles. The lowest BCUT2D eigenvalue weighted by Gasteiger charge is -2.51. The van der Waals surface area contributed by atoms with Crippen LogP contribution in [0.3, 0.4) is 0 Å². The van der Waals surface area contributed by atoms with Crippen molar-refractivity contribution >= 4 is 82.5 Å². The van der Waals surface area contributed by atoms with E-state index in [9.17, 15) is 57.5 Å². The standard InChI is InChI=1S/C26H25N3O2.C18H25N3O3.C15H20N2O3.C13H17N3O.C13H10O2.C8H16N2O2.C8H13NO3.C7H5ClO/c30-25(21-9-5-2-6-10-21)27-23-15-28(16-23)24-17-29(18-24)26(31)22-13-11-20(12-14-22)19-7-3-1-4-8-19;1-18(2,3)24-17(23)21-11-15(12-21)20-9-14(10-20)19-16(22)13-7-5-4-6-8-13;1-15(2,3)20-14(19)17-9-12(10-17)16-13(18)11-7-5-4-6-8-11;17-13(10-4-2-1-3-5-10)15-11-8-16(9-11)12-6-14-7-12;14-13(15)12-8-6-11(7-9-12)10-4-2-1-3-5-10;1-8(2,3)12-7(11)10-4-6(9)5-10;1-8(2,3)12-7(11)9-4-6(10)5-9;8-7(9)6-4-2-1-3-5-6/h1-14,23-24H,15-18H2,(H,27,30);4-8,14-15H,9-12H2,1-3H3,(H,19,22);4-8,12H,9-10H2,1-3H3,(H,16,18);1-5,11-12,14H,6-9H2,(H,15,17);1-9H,(H,14,15);6H,4-5,9H2,1-3H3;4-5H2,1-3H3;1-5H. The van der Waals surface area contributed by atoms with Crippen molar-refractivity contribution < 1.29 is 81.6 Å². The maximum atomic E-state index is 12.8. The second-order valence-corrected chi connectivity index (χ2v) is 39.8. The van der Waals surface area contributed by atoms with Gasteiger partial charge < -0.3 is 76.0 Å². The number of aromatic carboxylic acids is 1. The van der Waals surface area contributed by atoms with Gasteiger partial charge in [0.25, 0.3) is 34.8 Å². The van der Waals surface area contributed by atoms with Crippen molar-refractivity contribution in [2.45, 2.75) is 154 Å². The number of carbonyl (C=O) groups excluding carboxylic acids is 11. The lowest BCUT2D eigenvalue weighted by Crippen LogP contribution is -2.70. The first-order valence-corrected chi connectivity index (χ1v) is 47.5. The number of nitrogens with two attached hydrogens (primary N) is 1. The van der Waals surface area contributed by atoms with Crippen LogP contribution >= 0.6 is 11.6 Å². The number of nitrogens with zero attached hydrogens (tertiary/aromatic N) is 8. The topological polar surface area (TPSA) is 374 Å². The first kappa shape index (κ1) is 107. The summed E-state index contributed by atoms with van der Waals surface area (Å²) in [6.07, 6.45) is -1.23. The second kappa shape index (κ2) is 49.7. The van der Waals surface area contributed by atoms with E-state index in [4.69, 9.17) is 41.4 Å². The van der Waals surface area contributed by atoms with Crippen molar-refractivity contribution in [1.29, 1.82) is 0 Å². The average molecular weight is 1930 g/mol. The van der Waals surface area contributed by atoms with Crippen LogP contribution in [0.25, 0.3) is 22.3 Å². The minimum Gasteiger partial charge on any atom is -0.478 e. The quantitative estimate of drug-likeness (QED) is 0.0349. The van der Waals surface area contributed by atoms with Crippen LogP contribution in [-0.4, -0.2) is 304 Å². The molecule has 9 fully saturated rings. The number of halogens is 1. The van der Waals surface area contributed by atoms with Crippen molar-refractivity contribution in [3.05, 3.63) is 300 Å². The molecule has 9 amide bonds. The summed E-state index contributed by atoms with van der Waals surface area (Å²) in [5.41, 5.74) is 12.4. The lowest BCUT2D eigenvalue weighted by molar-refractivity contribution is -0.128. The van der Waals surface area contributed by atoms with Gasteiger partial charge in [0.15, 0.2) is 5.78 Å². The highest BCUT2D eigenvalue weighted by molar-refractivity contribution is 6.67. The van der Waals surface area contributed by atoms with Crippen LogP contribution in [0.15, 0.2) is 261 Å². The number of Topliss-reactive ketones (excluding diaryl/α,β-unsaturated/α-hetero) is 1. The largest absolute Gasteiger partial charge is 0.478 e. The lowest BCUT2D eigenvalue weighted by atomic mass is 9.98. The molecule has 9 heterocycles. The van der Waals surface area contributed by atoms with Crippen molar-refractivity contribution in [3.63, 3.8) is 0 Å². The Labute approximate surface area is 824 Å². The summed E-state index contributed by atoms with van der Waals surface area (Å²) in [5.74, 6) is -0.832. The number of ketones is 1. The van der Waals surface area contributed by atoms with Crippen LogP contribution in [0.1, 0.15) is 156 Å². The van der Waals surface area contributed by atoms with E-state index in [-0.39, 0.29) is 90.9 Å². The molecule has 0 radical (unpaired) electrons. The van der Waals surface area contributed by atoms with Gasteiger partial charge in [-0.3, -0.25) is 53.2 Å². The Balaban J connectivity index is 0.000000157. The second-order valence-electron chi connectivity index (χ2n) is 39.5. The van der Waals surface area contributed by atoms with E-state index < -0.39 is 39.7 Å². The fraction of sp³-hybridized carbons (Fsp3) is 0.389. The third-order valence-corrected chi connectivity index (χ3v) is 23.4. The van der Waals surface area contributed by atoms with Gasteiger partial charge in [0.05, 0.1) is 42.8 Å². The normalized spacial score (nSPS) is 16.6. The Morgan fingerprint density at radius 2 is 0.557 bits per heavy atom. The van der Waals surface area contributed by atoms with Gasteiger partial charge in [-0.15, -0.1) is 0 Å². The summed E-state index contributed by atoms with van der Waals surface area (Å²) in [5, 5.41) is 23.7. The molecule has 9 aliphatic heterocycles. The van der Waals surface area contributed by atoms with Gasteiger partial charge in [-0.25, -0.2) is 24.0 Å². The number of amides is 9. The van der Waals surface area contributed by atoms with Gasteiger partial charge in [0.1, 0.15) is 22.4 Å². The zero-order valence-electron chi connectivity index (χ0n) is 81.7. The SMILES string of the molecule is CC(C)(C)OC(=O)N1CC(=O)C1.CC(C)(C)OC(=O)N1CC(N)C1.CC(C)(C)OC(=O)N1CC(N2CC(NC(=O)c3ccccc3)C2)C1.CC(C)(C)OC(=O)N1CC(NC(=O)c2ccccc2)C1.O=C(Cl)c1ccccc1.O=C(NC1CN(C2CN(C(=O)c3ccc(-c4ccccc4)cc3)C2)C1)c1ccccc1.O=C(NC1CN(C2CNC2)C1)c1ccccc1.O=C(O)c1ccc(-c2ccccc2)cc1. The van der Waals surface area contributed by atoms with E-state index in [1.807, 2.05) is 267 Å². The van der Waals surface area contributed by atoms with E-state index in [2.05, 4.69) is 53.4 Å². The minimum absolute atomic E-state index is 0.00442. The summed E-state index contributed by atoms with van der Waals surface area (Å²) in [6, 6.07) is 82.8. The third kappa shape index (κ3) is 33.8. The molecule has 0 bridgehead atoms. The zero-order chi connectivity index (χ0) is 101. The molecule has 0 saturated carbocycles. The van der Waals surface area contributed by atoms with Crippen molar-refractivity contribution in [3.8, 4) is 22.3 Å². The summed E-state index contributed by atoms with van der Waals surface area (Å²) in [7, 11) is 0. The maximum Gasteiger partial charge on any atom is 0.411 e. The van der Waals surface area contributed by atoms with Gasteiger partial charge in [-0.1, -0.05) is 188 Å². The number of carbonyl (C=O) groups is 12. The first-order chi connectivity index (χ1) is 66.5. The van der Waals surface area contributed by atoms with Crippen LogP contribution in [-0.2, 0) is 23.7 Å². The minimum atomic E-state index is -0.894. The molecule has 18 rings (SSSR count). The number of carboxylic acid groups (broad SMARTS) is 1. The number of benzene rings is 9. The van der Waals surface area contributed by atoms with Gasteiger partial charge in [0.2, 0.25) is 0 Å². The third-order valence-electron chi connectivity index (χ3n) is 23.1. The number of ether oxygens (including phenoxy) is 4. The Hall–Kier alpha value is -13.7. The molecule has 8 N–H and O–H groups in total. The Morgan fingerprint density at radius 1 is 0.307 bits per heavy atom. The van der Waals surface area contributed by atoms with Gasteiger partial charge in [-0.2, -0.15) is 0 Å². The van der Waals surface area contributed by atoms with E-state index in [0.717, 1.165) is 98.8 Å². The van der Waals surface area contributed by atoms with Crippen molar-refractivity contribution in [2.24, 2.45) is 5.73 Å². The van der Waals surface area contributed by atoms with Gasteiger partial charge in [0, 0.05) is 162 Å². The van der Waals surface area contributed by atoms with Crippen molar-refractivity contribution in [2.75, 3.05) is 118 Å². The van der Waals surface area contributed by atoms with E-state index in [1.165, 1.54) is 4.90 Å². The predicted molar refractivity (Wildman–Crippen MR) is 537 cm³/mol. The highest BCUT2D eigenvalue weighted by Gasteiger charge is 2.45. The fourth-order valence-electron chi connectivity index (χ4n) is 15.2. The molecule has 9 aliphatic rings. The predicted octanol–water partition coefficient (Wildman–Crippen LogP) is 13.6. The highest BCUT2D eigenvalue weighted by Crippen LogP contribution is 2.29. The van der Waals surface area contributed by atoms with E-state index >= 15 is 0 Å². The van der Waals surface area contributed by atoms with E-state index in [1.54, 1.807) is 84.0 Å². The Morgan fingerprint density at radius 3 is 0.821 bits per heavy atom. The first-order valence-electron chi connectivity index (χ1n) is 47.1. The molecule has 0 spiro atoms. The number of hydrogen-bond acceptors (Lipinski definition) is 21. The average Bonchev–Trinajstić information content (AvgIpc) is 0.781. The molecule has 742 valence electrons. The number of likely N-dealkylation sites (tertiary alicyclic amines) is 8. The van der Waals surface area contributed by atoms with Crippen LogP contribution < -0.4 is 32.3 Å². The number of nitrogens with one attached hydrogen (secondary N) is 5. The molecule has 9 aromatic rings. The number of hydrogen-bond donors (Lipinski definition) is 7. The molecule has 9 aromatic carbocycles. The smallest absolute Gasteiger partial charge is 0.411 e. The van der Waals surface area contributed by atoms with Gasteiger partial charge in [-0.05, 0) is 190 Å². The van der Waals surface area contributed by atoms with E-state index in [0.29, 0.717) is 91.3 Å². The monoisotopic (exact) mass is 1930 g/mol. The molecule has 31 nitrogen and oxygen atoms in total. The molecule has 0 atom stereocenters. The zero-order valence-corrected chi connectivity index (χ0v) is 82.4.